The molecule has 2 aromatic carbocycles. The topological polar surface area (TPSA) is 43.8 Å². The highest BCUT2D eigenvalue weighted by Crippen LogP contribution is 2.40. The summed E-state index contributed by atoms with van der Waals surface area (Å²) in [5, 5.41) is 4.17. The average Bonchev–Trinajstić information content (AvgIpc) is 2.87. The molecule has 0 aliphatic heterocycles. The van der Waals surface area contributed by atoms with Crippen molar-refractivity contribution in [2.75, 3.05) is 5.73 Å². The van der Waals surface area contributed by atoms with E-state index in [1.54, 1.807) is 48.5 Å². The molecule has 7 heteroatoms. The van der Waals surface area contributed by atoms with Gasteiger partial charge in [-0.15, -0.1) is 0 Å². The van der Waals surface area contributed by atoms with Gasteiger partial charge in [0.25, 0.3) is 0 Å². The highest BCUT2D eigenvalue weighted by molar-refractivity contribution is 6.30. The molecule has 0 aliphatic rings. The van der Waals surface area contributed by atoms with Gasteiger partial charge in [0.2, 0.25) is 0 Å². The Labute approximate surface area is 141 Å². The van der Waals surface area contributed by atoms with Gasteiger partial charge in [-0.3, -0.25) is 0 Å². The number of benzene rings is 2. The largest absolute Gasteiger partial charge is 0.435 e. The molecule has 1 aromatic heterocycles. The fourth-order valence-corrected chi connectivity index (χ4v) is 2.54. The molecule has 0 radical (unpaired) electrons. The third kappa shape index (κ3) is 2.97. The number of rotatable bonds is 2. The minimum absolute atomic E-state index is 0.0755. The fourth-order valence-electron chi connectivity index (χ4n) is 2.41. The minimum atomic E-state index is -4.62. The lowest BCUT2D eigenvalue weighted by Crippen LogP contribution is -2.08. The molecule has 0 saturated carbocycles. The van der Waals surface area contributed by atoms with Gasteiger partial charge in [0.1, 0.15) is 5.82 Å². The molecule has 1 heterocycles. The zero-order valence-corrected chi connectivity index (χ0v) is 13.4. The van der Waals surface area contributed by atoms with Crippen molar-refractivity contribution in [3.8, 4) is 16.8 Å². The SMILES string of the molecule is Cc1ccc(-c2c(C(F)(F)F)nn(-c3ccc(Cl)cc3)c2N)cc1. The molecule has 3 nitrogen and oxygen atoms in total. The summed E-state index contributed by atoms with van der Waals surface area (Å²) < 4.78 is 41.4. The predicted octanol–water partition coefficient (Wildman–Crippen LogP) is 5.10. The van der Waals surface area contributed by atoms with Crippen LogP contribution >= 0.6 is 11.6 Å². The summed E-state index contributed by atoms with van der Waals surface area (Å²) >= 11 is 5.82. The summed E-state index contributed by atoms with van der Waals surface area (Å²) in [6.45, 7) is 1.86. The molecule has 124 valence electrons. The lowest BCUT2D eigenvalue weighted by atomic mass is 10.0. The molecule has 3 rings (SSSR count). The molecule has 0 unspecified atom stereocenters. The quantitative estimate of drug-likeness (QED) is 0.697. The van der Waals surface area contributed by atoms with E-state index in [-0.39, 0.29) is 11.4 Å². The second-order valence-corrected chi connectivity index (χ2v) is 5.80. The van der Waals surface area contributed by atoms with E-state index in [0.29, 0.717) is 16.3 Å². The van der Waals surface area contributed by atoms with Crippen molar-refractivity contribution in [3.63, 3.8) is 0 Å². The smallest absolute Gasteiger partial charge is 0.383 e. The lowest BCUT2D eigenvalue weighted by molar-refractivity contribution is -0.140. The molecule has 3 aromatic rings. The van der Waals surface area contributed by atoms with Crippen molar-refractivity contribution >= 4 is 17.4 Å². The lowest BCUT2D eigenvalue weighted by Gasteiger charge is -2.07. The molecule has 2 N–H and O–H groups in total. The van der Waals surface area contributed by atoms with Crippen molar-refractivity contribution in [1.82, 2.24) is 9.78 Å². The van der Waals surface area contributed by atoms with Crippen LogP contribution in [0.4, 0.5) is 19.0 Å². The monoisotopic (exact) mass is 351 g/mol. The third-order valence-electron chi connectivity index (χ3n) is 3.60. The Morgan fingerprint density at radius 3 is 2.12 bits per heavy atom. The maximum Gasteiger partial charge on any atom is 0.435 e. The van der Waals surface area contributed by atoms with Crippen molar-refractivity contribution in [1.29, 1.82) is 0 Å². The minimum Gasteiger partial charge on any atom is -0.383 e. The maximum absolute atomic E-state index is 13.4. The van der Waals surface area contributed by atoms with Gasteiger partial charge in [0.05, 0.1) is 11.3 Å². The molecule has 0 atom stereocenters. The van der Waals surface area contributed by atoms with Gasteiger partial charge in [-0.25, -0.2) is 4.68 Å². The highest BCUT2D eigenvalue weighted by Gasteiger charge is 2.39. The van der Waals surface area contributed by atoms with E-state index in [4.69, 9.17) is 17.3 Å². The molecule has 0 aliphatic carbocycles. The van der Waals surface area contributed by atoms with E-state index >= 15 is 0 Å². The zero-order valence-electron chi connectivity index (χ0n) is 12.6. The number of aromatic nitrogens is 2. The number of hydrogen-bond donors (Lipinski definition) is 1. The zero-order chi connectivity index (χ0) is 17.5. The number of nitrogen functional groups attached to an aromatic ring is 1. The second kappa shape index (κ2) is 5.87. The van der Waals surface area contributed by atoms with E-state index in [1.165, 1.54) is 0 Å². The van der Waals surface area contributed by atoms with Gasteiger partial charge >= 0.3 is 6.18 Å². The maximum atomic E-state index is 13.4. The van der Waals surface area contributed by atoms with Crippen LogP contribution in [0.15, 0.2) is 48.5 Å². The number of nitrogens with two attached hydrogens (primary N) is 1. The molecule has 0 bridgehead atoms. The average molecular weight is 352 g/mol. The predicted molar refractivity (Wildman–Crippen MR) is 88.2 cm³/mol. The first-order chi connectivity index (χ1) is 11.3. The van der Waals surface area contributed by atoms with Crippen LogP contribution in [-0.4, -0.2) is 9.78 Å². The Morgan fingerprint density at radius 1 is 1.00 bits per heavy atom. The summed E-state index contributed by atoms with van der Waals surface area (Å²) in [7, 11) is 0. The molecule has 0 fully saturated rings. The van der Waals surface area contributed by atoms with Crippen LogP contribution in [0, 0.1) is 6.92 Å². The summed E-state index contributed by atoms with van der Waals surface area (Å²) in [4.78, 5) is 0. The fraction of sp³-hybridized carbons (Fsp3) is 0.118. The number of hydrogen-bond acceptors (Lipinski definition) is 2. The number of alkyl halides is 3. The van der Waals surface area contributed by atoms with Crippen LogP contribution in [0.25, 0.3) is 16.8 Å². The van der Waals surface area contributed by atoms with Crippen molar-refractivity contribution in [3.05, 3.63) is 64.8 Å². The molecular formula is C17H13ClF3N3. The van der Waals surface area contributed by atoms with E-state index < -0.39 is 11.9 Å². The van der Waals surface area contributed by atoms with Crippen molar-refractivity contribution < 1.29 is 13.2 Å². The van der Waals surface area contributed by atoms with E-state index in [1.807, 2.05) is 6.92 Å². The Kier molecular flexibility index (Phi) is 4.01. The number of anilines is 1. The first-order valence-electron chi connectivity index (χ1n) is 7.06. The Hall–Kier alpha value is -2.47. The van der Waals surface area contributed by atoms with Gasteiger partial charge in [-0.05, 0) is 36.8 Å². The standard InChI is InChI=1S/C17H13ClF3N3/c1-10-2-4-11(5-3-10)14-15(17(19,20)21)23-24(16(14)22)13-8-6-12(18)7-9-13/h2-9H,22H2,1H3. The van der Waals surface area contributed by atoms with Gasteiger partial charge in [0.15, 0.2) is 5.69 Å². The van der Waals surface area contributed by atoms with E-state index in [0.717, 1.165) is 10.2 Å². The van der Waals surface area contributed by atoms with Crippen LogP contribution in [0.3, 0.4) is 0 Å². The first kappa shape index (κ1) is 16.4. The van der Waals surface area contributed by atoms with E-state index in [2.05, 4.69) is 5.10 Å². The van der Waals surface area contributed by atoms with Gasteiger partial charge in [0, 0.05) is 5.02 Å². The van der Waals surface area contributed by atoms with Crippen LogP contribution in [0.5, 0.6) is 0 Å². The summed E-state index contributed by atoms with van der Waals surface area (Å²) in [5.74, 6) is -0.0755. The summed E-state index contributed by atoms with van der Waals surface area (Å²) in [6, 6.07) is 12.9. The first-order valence-corrected chi connectivity index (χ1v) is 7.44. The summed E-state index contributed by atoms with van der Waals surface area (Å²) in [5.41, 5.74) is 6.58. The number of aryl methyl sites for hydroxylation is 1. The van der Waals surface area contributed by atoms with Gasteiger partial charge in [-0.2, -0.15) is 18.3 Å². The number of halogens is 4. The van der Waals surface area contributed by atoms with E-state index in [9.17, 15) is 13.2 Å². The summed E-state index contributed by atoms with van der Waals surface area (Å²) in [6.07, 6.45) is -4.62. The van der Waals surface area contributed by atoms with Crippen molar-refractivity contribution in [2.45, 2.75) is 13.1 Å². The number of nitrogens with zero attached hydrogens (tertiary/aromatic N) is 2. The van der Waals surface area contributed by atoms with Crippen LogP contribution in [0.2, 0.25) is 5.02 Å². The molecule has 24 heavy (non-hydrogen) atoms. The Morgan fingerprint density at radius 2 is 1.58 bits per heavy atom. The van der Waals surface area contributed by atoms with Gasteiger partial charge < -0.3 is 5.73 Å². The highest BCUT2D eigenvalue weighted by atomic mass is 35.5. The third-order valence-corrected chi connectivity index (χ3v) is 3.85. The molecular weight excluding hydrogens is 339 g/mol. The normalized spacial score (nSPS) is 11.7. The van der Waals surface area contributed by atoms with Crippen molar-refractivity contribution in [2.24, 2.45) is 0 Å². The van der Waals surface area contributed by atoms with Crippen LogP contribution in [-0.2, 0) is 6.18 Å². The Bertz CT molecular complexity index is 866. The molecule has 0 amide bonds. The Balaban J connectivity index is 2.23. The van der Waals surface area contributed by atoms with Crippen LogP contribution < -0.4 is 5.73 Å². The molecule has 0 saturated heterocycles. The second-order valence-electron chi connectivity index (χ2n) is 5.36. The molecule has 0 spiro atoms. The van der Waals surface area contributed by atoms with Gasteiger partial charge in [-0.1, -0.05) is 41.4 Å². The van der Waals surface area contributed by atoms with Crippen LogP contribution in [0.1, 0.15) is 11.3 Å².